The second-order valence-electron chi connectivity index (χ2n) is 5.05. The van der Waals surface area contributed by atoms with Crippen molar-refractivity contribution in [3.63, 3.8) is 0 Å². The van der Waals surface area contributed by atoms with Crippen LogP contribution in [0.25, 0.3) is 0 Å². The third-order valence-electron chi connectivity index (χ3n) is 3.57. The number of thioether (sulfide) groups is 1. The van der Waals surface area contributed by atoms with E-state index in [2.05, 4.69) is 15.0 Å². The second kappa shape index (κ2) is 6.41. The van der Waals surface area contributed by atoms with Crippen LogP contribution in [0, 0.1) is 0 Å². The molecule has 0 aromatic heterocycles. The number of amidine groups is 1. The van der Waals surface area contributed by atoms with Gasteiger partial charge in [-0.1, -0.05) is 23.9 Å². The van der Waals surface area contributed by atoms with Crippen LogP contribution in [-0.4, -0.2) is 53.3 Å². The van der Waals surface area contributed by atoms with Crippen LogP contribution in [0.4, 0.5) is 5.69 Å². The minimum Gasteiger partial charge on any atom is -0.465 e. The Morgan fingerprint density at radius 3 is 2.96 bits per heavy atom. The molecule has 1 saturated heterocycles. The van der Waals surface area contributed by atoms with Gasteiger partial charge in [0.05, 0.1) is 24.9 Å². The summed E-state index contributed by atoms with van der Waals surface area (Å²) in [7, 11) is 1.28. The van der Waals surface area contributed by atoms with Crippen molar-refractivity contribution in [1.82, 2.24) is 4.90 Å². The number of nitrogens with zero attached hydrogens (tertiary/aromatic N) is 2. The van der Waals surface area contributed by atoms with E-state index in [1.807, 2.05) is 0 Å². The molecule has 2 aliphatic heterocycles. The second-order valence-corrected chi connectivity index (χ2v) is 6.22. The molecule has 1 aromatic carbocycles. The third-order valence-corrected chi connectivity index (χ3v) is 4.78. The molecule has 0 saturated carbocycles. The van der Waals surface area contributed by atoms with Crippen molar-refractivity contribution >= 4 is 40.4 Å². The highest BCUT2D eigenvalue weighted by molar-refractivity contribution is 8.15. The van der Waals surface area contributed by atoms with Crippen LogP contribution in [0.5, 0.6) is 0 Å². The zero-order valence-corrected chi connectivity index (χ0v) is 13.3. The number of esters is 1. The number of para-hydroxylation sites is 1. The van der Waals surface area contributed by atoms with E-state index in [1.54, 1.807) is 29.2 Å². The summed E-state index contributed by atoms with van der Waals surface area (Å²) in [6.07, 6.45) is 0.0362. The Kier molecular flexibility index (Phi) is 4.33. The Balaban J connectivity index is 1.67. The molecule has 0 radical (unpaired) electrons. The zero-order valence-electron chi connectivity index (χ0n) is 12.4. The molecule has 7 nitrogen and oxygen atoms in total. The van der Waals surface area contributed by atoms with E-state index >= 15 is 0 Å². The van der Waals surface area contributed by atoms with Gasteiger partial charge in [-0.05, 0) is 12.1 Å². The SMILES string of the molecule is COC(=O)c1ccccc1NC(=O)CC1SC2=NCCN2C1=O. The van der Waals surface area contributed by atoms with Crippen LogP contribution in [0.15, 0.2) is 29.3 Å². The van der Waals surface area contributed by atoms with Crippen LogP contribution >= 0.6 is 11.8 Å². The maximum absolute atomic E-state index is 12.2. The van der Waals surface area contributed by atoms with Crippen LogP contribution in [0.2, 0.25) is 0 Å². The smallest absolute Gasteiger partial charge is 0.339 e. The number of fused-ring (bicyclic) bond motifs is 1. The summed E-state index contributed by atoms with van der Waals surface area (Å²) in [5, 5.41) is 2.91. The highest BCUT2D eigenvalue weighted by atomic mass is 32.2. The molecular weight excluding hydrogens is 318 g/mol. The van der Waals surface area contributed by atoms with E-state index in [0.29, 0.717) is 23.9 Å². The first-order valence-corrected chi connectivity index (χ1v) is 7.98. The molecule has 0 spiro atoms. The van der Waals surface area contributed by atoms with Crippen LogP contribution in [0.1, 0.15) is 16.8 Å². The Labute approximate surface area is 137 Å². The van der Waals surface area contributed by atoms with Crippen LogP contribution in [0.3, 0.4) is 0 Å². The fourth-order valence-corrected chi connectivity index (χ4v) is 3.65. The van der Waals surface area contributed by atoms with Crippen molar-refractivity contribution in [3.05, 3.63) is 29.8 Å². The van der Waals surface area contributed by atoms with E-state index in [-0.39, 0.29) is 23.8 Å². The molecule has 0 aliphatic carbocycles. The molecular formula is C15H15N3O4S. The van der Waals surface area contributed by atoms with Crippen molar-refractivity contribution < 1.29 is 19.1 Å². The molecule has 2 amide bonds. The lowest BCUT2D eigenvalue weighted by atomic mass is 10.1. The molecule has 1 unspecified atom stereocenters. The number of carbonyl (C=O) groups is 3. The van der Waals surface area contributed by atoms with E-state index in [1.165, 1.54) is 18.9 Å². The minimum absolute atomic E-state index is 0.0362. The average molecular weight is 333 g/mol. The Morgan fingerprint density at radius 1 is 1.43 bits per heavy atom. The monoisotopic (exact) mass is 333 g/mol. The van der Waals surface area contributed by atoms with E-state index in [0.717, 1.165) is 0 Å². The molecule has 3 rings (SSSR count). The van der Waals surface area contributed by atoms with Gasteiger partial charge in [0.15, 0.2) is 5.17 Å². The highest BCUT2D eigenvalue weighted by Gasteiger charge is 2.40. The summed E-state index contributed by atoms with van der Waals surface area (Å²) in [6, 6.07) is 6.59. The molecule has 2 aliphatic rings. The first-order valence-electron chi connectivity index (χ1n) is 7.10. The van der Waals surface area contributed by atoms with Gasteiger partial charge < -0.3 is 10.1 Å². The van der Waals surface area contributed by atoms with Gasteiger partial charge in [-0.2, -0.15) is 0 Å². The summed E-state index contributed by atoms with van der Waals surface area (Å²) < 4.78 is 4.69. The van der Waals surface area contributed by atoms with E-state index in [4.69, 9.17) is 0 Å². The molecule has 1 fully saturated rings. The molecule has 1 aromatic rings. The Hall–Kier alpha value is -2.35. The lowest BCUT2D eigenvalue weighted by Gasteiger charge is -2.12. The number of hydrogen-bond donors (Lipinski definition) is 1. The van der Waals surface area contributed by atoms with Gasteiger partial charge >= 0.3 is 5.97 Å². The molecule has 8 heteroatoms. The molecule has 2 heterocycles. The van der Waals surface area contributed by atoms with Crippen molar-refractivity contribution in [1.29, 1.82) is 0 Å². The molecule has 1 N–H and O–H groups in total. The number of aliphatic imine (C=N–C) groups is 1. The summed E-state index contributed by atoms with van der Waals surface area (Å²) >= 11 is 1.32. The van der Waals surface area contributed by atoms with Gasteiger partial charge in [0, 0.05) is 13.0 Å². The van der Waals surface area contributed by atoms with Crippen molar-refractivity contribution in [2.45, 2.75) is 11.7 Å². The number of amides is 2. The van der Waals surface area contributed by atoms with Gasteiger partial charge in [0.2, 0.25) is 11.8 Å². The number of ether oxygens (including phenoxy) is 1. The number of benzene rings is 1. The number of rotatable bonds is 4. The Bertz CT molecular complexity index is 704. The lowest BCUT2D eigenvalue weighted by molar-refractivity contribution is -0.127. The number of nitrogens with one attached hydrogen (secondary N) is 1. The third kappa shape index (κ3) is 3.07. The van der Waals surface area contributed by atoms with E-state index < -0.39 is 11.2 Å². The van der Waals surface area contributed by atoms with Gasteiger partial charge in [0.1, 0.15) is 5.25 Å². The summed E-state index contributed by atoms with van der Waals surface area (Å²) in [4.78, 5) is 41.9. The molecule has 1 atom stereocenters. The summed E-state index contributed by atoms with van der Waals surface area (Å²) in [6.45, 7) is 1.21. The Morgan fingerprint density at radius 2 is 2.22 bits per heavy atom. The molecule has 23 heavy (non-hydrogen) atoms. The maximum atomic E-state index is 12.2. The summed E-state index contributed by atoms with van der Waals surface area (Å²) in [5.74, 6) is -0.932. The van der Waals surface area contributed by atoms with Gasteiger partial charge in [0.25, 0.3) is 0 Å². The van der Waals surface area contributed by atoms with Crippen LogP contribution < -0.4 is 5.32 Å². The topological polar surface area (TPSA) is 88.1 Å². The zero-order chi connectivity index (χ0) is 16.4. The minimum atomic E-state index is -0.526. The quantitative estimate of drug-likeness (QED) is 0.834. The van der Waals surface area contributed by atoms with Crippen molar-refractivity contribution in [2.75, 3.05) is 25.5 Å². The number of carbonyl (C=O) groups excluding carboxylic acids is 3. The standard InChI is InChI=1S/C15H15N3O4S/c1-22-14(21)9-4-2-3-5-10(9)17-12(19)8-11-13(20)18-7-6-16-15(18)23-11/h2-5,11H,6-8H2,1H3,(H,17,19). The molecule has 0 bridgehead atoms. The highest BCUT2D eigenvalue weighted by Crippen LogP contribution is 2.31. The fraction of sp³-hybridized carbons (Fsp3) is 0.333. The van der Waals surface area contributed by atoms with Gasteiger partial charge in [-0.3, -0.25) is 19.5 Å². The normalized spacial score (nSPS) is 19.3. The first kappa shape index (κ1) is 15.5. The van der Waals surface area contributed by atoms with Crippen molar-refractivity contribution in [3.8, 4) is 0 Å². The van der Waals surface area contributed by atoms with Crippen LogP contribution in [-0.2, 0) is 14.3 Å². The van der Waals surface area contributed by atoms with Gasteiger partial charge in [-0.15, -0.1) is 0 Å². The number of hydrogen-bond acceptors (Lipinski definition) is 6. The number of methoxy groups -OCH3 is 1. The lowest BCUT2D eigenvalue weighted by Crippen LogP contribution is -2.32. The van der Waals surface area contributed by atoms with Gasteiger partial charge in [-0.25, -0.2) is 4.79 Å². The summed E-state index contributed by atoms with van der Waals surface area (Å²) in [5.41, 5.74) is 0.649. The largest absolute Gasteiger partial charge is 0.465 e. The number of anilines is 1. The average Bonchev–Trinajstić information content (AvgIpc) is 3.11. The van der Waals surface area contributed by atoms with E-state index in [9.17, 15) is 14.4 Å². The molecule has 120 valence electrons. The fourth-order valence-electron chi connectivity index (χ4n) is 2.46. The maximum Gasteiger partial charge on any atom is 0.339 e. The predicted molar refractivity (Wildman–Crippen MR) is 86.4 cm³/mol. The predicted octanol–water partition coefficient (Wildman–Crippen LogP) is 1.12. The first-order chi connectivity index (χ1) is 11.1. The van der Waals surface area contributed by atoms with Crippen molar-refractivity contribution in [2.24, 2.45) is 4.99 Å².